The van der Waals surface area contributed by atoms with Gasteiger partial charge < -0.3 is 0 Å². The Bertz CT molecular complexity index is 514. The lowest BCUT2D eigenvalue weighted by Crippen LogP contribution is -2.09. The lowest BCUT2D eigenvalue weighted by Gasteiger charge is -2.13. The highest BCUT2D eigenvalue weighted by Crippen LogP contribution is 2.29. The molecule has 2 aromatic rings. The van der Waals surface area contributed by atoms with E-state index >= 15 is 0 Å². The van der Waals surface area contributed by atoms with E-state index in [9.17, 15) is 0 Å². The van der Waals surface area contributed by atoms with Crippen molar-refractivity contribution < 1.29 is 0 Å². The van der Waals surface area contributed by atoms with Gasteiger partial charge in [-0.15, -0.1) is 0 Å². The van der Waals surface area contributed by atoms with Gasteiger partial charge in [0.25, 0.3) is 0 Å². The molecule has 1 atom stereocenters. The zero-order valence-electron chi connectivity index (χ0n) is 9.71. The second kappa shape index (κ2) is 4.54. The van der Waals surface area contributed by atoms with E-state index in [0.717, 1.165) is 13.0 Å². The summed E-state index contributed by atoms with van der Waals surface area (Å²) in [7, 11) is 0. The third-order valence-corrected chi connectivity index (χ3v) is 3.30. The SMILES string of the molecule is c1ccc(C2=NCCC2c2ccccc2)cc1. The summed E-state index contributed by atoms with van der Waals surface area (Å²) in [6, 6.07) is 21.2. The number of hydrogen-bond donors (Lipinski definition) is 0. The van der Waals surface area contributed by atoms with Crippen LogP contribution < -0.4 is 0 Å². The fourth-order valence-electron chi connectivity index (χ4n) is 2.47. The van der Waals surface area contributed by atoms with Gasteiger partial charge in [-0.25, -0.2) is 0 Å². The molecule has 1 nitrogen and oxygen atoms in total. The van der Waals surface area contributed by atoms with E-state index in [2.05, 4.69) is 65.7 Å². The molecule has 1 heteroatoms. The van der Waals surface area contributed by atoms with Crippen LogP contribution in [0.1, 0.15) is 23.5 Å². The summed E-state index contributed by atoms with van der Waals surface area (Å²) >= 11 is 0. The molecule has 0 saturated carbocycles. The Hall–Kier alpha value is -1.89. The molecule has 0 amide bonds. The Morgan fingerprint density at radius 1 is 0.824 bits per heavy atom. The molecule has 2 aromatic carbocycles. The van der Waals surface area contributed by atoms with Crippen LogP contribution in [0.3, 0.4) is 0 Å². The fourth-order valence-corrected chi connectivity index (χ4v) is 2.47. The molecule has 17 heavy (non-hydrogen) atoms. The smallest absolute Gasteiger partial charge is 0.0495 e. The first-order valence-electron chi connectivity index (χ1n) is 6.10. The molecule has 3 rings (SSSR count). The van der Waals surface area contributed by atoms with Crippen molar-refractivity contribution in [2.24, 2.45) is 4.99 Å². The van der Waals surface area contributed by atoms with E-state index in [1.165, 1.54) is 16.8 Å². The van der Waals surface area contributed by atoms with Gasteiger partial charge in [-0.3, -0.25) is 4.99 Å². The predicted molar refractivity (Wildman–Crippen MR) is 71.6 cm³/mol. The van der Waals surface area contributed by atoms with Gasteiger partial charge in [-0.1, -0.05) is 60.7 Å². The van der Waals surface area contributed by atoms with Crippen LogP contribution in [0.15, 0.2) is 65.7 Å². The Morgan fingerprint density at radius 2 is 1.47 bits per heavy atom. The van der Waals surface area contributed by atoms with Crippen molar-refractivity contribution in [3.8, 4) is 0 Å². The first-order valence-corrected chi connectivity index (χ1v) is 6.10. The third kappa shape index (κ3) is 2.01. The highest BCUT2D eigenvalue weighted by molar-refractivity contribution is 6.06. The van der Waals surface area contributed by atoms with E-state index in [1.54, 1.807) is 0 Å². The van der Waals surface area contributed by atoms with Gasteiger partial charge in [0.1, 0.15) is 0 Å². The van der Waals surface area contributed by atoms with Crippen LogP contribution in [0.4, 0.5) is 0 Å². The molecule has 1 heterocycles. The molecule has 1 unspecified atom stereocenters. The summed E-state index contributed by atoms with van der Waals surface area (Å²) in [5, 5.41) is 0. The standard InChI is InChI=1S/C16H15N/c1-3-7-13(8-4-1)15-11-12-17-16(15)14-9-5-2-6-10-14/h1-10,15H,11-12H2. The molecule has 1 aliphatic rings. The first-order chi connectivity index (χ1) is 8.45. The zero-order valence-corrected chi connectivity index (χ0v) is 9.71. The van der Waals surface area contributed by atoms with Crippen LogP contribution in [-0.2, 0) is 0 Å². The molecule has 0 radical (unpaired) electrons. The largest absolute Gasteiger partial charge is 0.288 e. The molecule has 0 spiro atoms. The first kappa shape index (κ1) is 10.3. The number of aliphatic imine (C=N–C) groups is 1. The average Bonchev–Trinajstić information content (AvgIpc) is 2.90. The summed E-state index contributed by atoms with van der Waals surface area (Å²) in [5.74, 6) is 0.471. The van der Waals surface area contributed by atoms with Crippen LogP contribution in [0, 0.1) is 0 Å². The molecular formula is C16H15N. The van der Waals surface area contributed by atoms with Crippen LogP contribution in [0.25, 0.3) is 0 Å². The maximum Gasteiger partial charge on any atom is 0.0495 e. The van der Waals surface area contributed by atoms with Gasteiger partial charge in [-0.05, 0) is 17.5 Å². The normalized spacial score (nSPS) is 19.1. The van der Waals surface area contributed by atoms with Gasteiger partial charge in [0.15, 0.2) is 0 Å². The Kier molecular flexibility index (Phi) is 2.74. The predicted octanol–water partition coefficient (Wildman–Crippen LogP) is 3.66. The molecule has 0 aromatic heterocycles. The highest BCUT2D eigenvalue weighted by Gasteiger charge is 2.23. The van der Waals surface area contributed by atoms with E-state index in [1.807, 2.05) is 0 Å². The number of nitrogens with zero attached hydrogens (tertiary/aromatic N) is 1. The minimum Gasteiger partial charge on any atom is -0.288 e. The molecule has 1 aliphatic heterocycles. The number of benzene rings is 2. The second-order valence-electron chi connectivity index (χ2n) is 4.38. The van der Waals surface area contributed by atoms with Gasteiger partial charge in [0.05, 0.1) is 0 Å². The Morgan fingerprint density at radius 3 is 2.18 bits per heavy atom. The van der Waals surface area contributed by atoms with E-state index in [4.69, 9.17) is 0 Å². The molecule has 0 N–H and O–H groups in total. The third-order valence-electron chi connectivity index (χ3n) is 3.30. The van der Waals surface area contributed by atoms with Crippen molar-refractivity contribution in [3.05, 3.63) is 71.8 Å². The maximum absolute atomic E-state index is 4.68. The summed E-state index contributed by atoms with van der Waals surface area (Å²) in [4.78, 5) is 4.68. The minimum atomic E-state index is 0.471. The van der Waals surface area contributed by atoms with Crippen molar-refractivity contribution in [1.29, 1.82) is 0 Å². The summed E-state index contributed by atoms with van der Waals surface area (Å²) in [6.45, 7) is 0.948. The highest BCUT2D eigenvalue weighted by atomic mass is 14.8. The van der Waals surface area contributed by atoms with Gasteiger partial charge in [0, 0.05) is 18.2 Å². The lowest BCUT2D eigenvalue weighted by molar-refractivity contribution is 0.842. The quantitative estimate of drug-likeness (QED) is 0.733. The van der Waals surface area contributed by atoms with Crippen LogP contribution in [0.2, 0.25) is 0 Å². The molecule has 0 bridgehead atoms. The van der Waals surface area contributed by atoms with Crippen molar-refractivity contribution in [2.75, 3.05) is 6.54 Å². The Labute approximate surface area is 102 Å². The van der Waals surface area contributed by atoms with Crippen molar-refractivity contribution in [2.45, 2.75) is 12.3 Å². The average molecular weight is 221 g/mol. The number of hydrogen-bond acceptors (Lipinski definition) is 1. The molecule has 0 fully saturated rings. The lowest BCUT2D eigenvalue weighted by atomic mass is 9.89. The van der Waals surface area contributed by atoms with Crippen molar-refractivity contribution >= 4 is 5.71 Å². The summed E-state index contributed by atoms with van der Waals surface area (Å²) < 4.78 is 0. The maximum atomic E-state index is 4.68. The van der Waals surface area contributed by atoms with Crippen molar-refractivity contribution in [3.63, 3.8) is 0 Å². The van der Waals surface area contributed by atoms with E-state index in [-0.39, 0.29) is 0 Å². The van der Waals surface area contributed by atoms with Gasteiger partial charge >= 0.3 is 0 Å². The second-order valence-corrected chi connectivity index (χ2v) is 4.38. The minimum absolute atomic E-state index is 0.471. The molecule has 0 aliphatic carbocycles. The zero-order chi connectivity index (χ0) is 11.5. The molecule has 0 saturated heterocycles. The van der Waals surface area contributed by atoms with E-state index < -0.39 is 0 Å². The van der Waals surface area contributed by atoms with E-state index in [0.29, 0.717) is 5.92 Å². The number of rotatable bonds is 2. The summed E-state index contributed by atoms with van der Waals surface area (Å²) in [5.41, 5.74) is 3.89. The Balaban J connectivity index is 1.96. The van der Waals surface area contributed by atoms with Gasteiger partial charge in [-0.2, -0.15) is 0 Å². The van der Waals surface area contributed by atoms with Crippen molar-refractivity contribution in [1.82, 2.24) is 0 Å². The van der Waals surface area contributed by atoms with Gasteiger partial charge in [0.2, 0.25) is 0 Å². The van der Waals surface area contributed by atoms with Crippen LogP contribution >= 0.6 is 0 Å². The fraction of sp³-hybridized carbons (Fsp3) is 0.188. The topological polar surface area (TPSA) is 12.4 Å². The summed E-state index contributed by atoms with van der Waals surface area (Å²) in [6.07, 6.45) is 1.13. The molecule has 84 valence electrons. The monoisotopic (exact) mass is 221 g/mol. The molecular weight excluding hydrogens is 206 g/mol. The van der Waals surface area contributed by atoms with Crippen LogP contribution in [-0.4, -0.2) is 12.3 Å². The van der Waals surface area contributed by atoms with Crippen LogP contribution in [0.5, 0.6) is 0 Å².